The van der Waals surface area contributed by atoms with Crippen molar-refractivity contribution in [1.82, 2.24) is 0 Å². The predicted octanol–water partition coefficient (Wildman–Crippen LogP) is 3.68. The second-order valence-corrected chi connectivity index (χ2v) is 2.85. The molecule has 0 radical (unpaired) electrons. The van der Waals surface area contributed by atoms with Gasteiger partial charge in [0.15, 0.2) is 0 Å². The van der Waals surface area contributed by atoms with Gasteiger partial charge in [-0.2, -0.15) is 0 Å². The van der Waals surface area contributed by atoms with Crippen molar-refractivity contribution in [3.05, 3.63) is 35.9 Å². The van der Waals surface area contributed by atoms with E-state index < -0.39 is 0 Å². The molecule has 0 aliphatic carbocycles. The molecule has 0 atom stereocenters. The van der Waals surface area contributed by atoms with Gasteiger partial charge >= 0.3 is 0 Å². The molecular weight excluding hydrogens is 184 g/mol. The van der Waals surface area contributed by atoms with Crippen LogP contribution >= 0.6 is 0 Å². The minimum absolute atomic E-state index is 0.855. The number of benzene rings is 1. The third-order valence-corrected chi connectivity index (χ3v) is 1.49. The SMILES string of the molecule is C#C.CCCOCC.Cc1ccccc1. The number of ether oxygens (including phenoxy) is 1. The molecule has 0 spiro atoms. The van der Waals surface area contributed by atoms with E-state index in [1.165, 1.54) is 5.56 Å². The summed E-state index contributed by atoms with van der Waals surface area (Å²) in [4.78, 5) is 0. The van der Waals surface area contributed by atoms with Crippen molar-refractivity contribution < 1.29 is 4.74 Å². The molecule has 0 aromatic heterocycles. The van der Waals surface area contributed by atoms with Crippen molar-refractivity contribution in [3.8, 4) is 12.8 Å². The molecule has 1 heteroatoms. The average molecular weight is 206 g/mol. The van der Waals surface area contributed by atoms with Crippen molar-refractivity contribution in [2.75, 3.05) is 13.2 Å². The van der Waals surface area contributed by atoms with Crippen LogP contribution in [0.4, 0.5) is 0 Å². The van der Waals surface area contributed by atoms with Crippen LogP contribution in [0.25, 0.3) is 0 Å². The largest absolute Gasteiger partial charge is 0.382 e. The Morgan fingerprint density at radius 1 is 1.07 bits per heavy atom. The molecule has 0 aliphatic heterocycles. The lowest BCUT2D eigenvalue weighted by atomic mass is 10.2. The zero-order chi connectivity index (χ0) is 11.9. The van der Waals surface area contributed by atoms with Crippen molar-refractivity contribution in [1.29, 1.82) is 0 Å². The molecule has 1 rings (SSSR count). The van der Waals surface area contributed by atoms with Crippen LogP contribution in [0, 0.1) is 19.8 Å². The van der Waals surface area contributed by atoms with Gasteiger partial charge in [0, 0.05) is 13.2 Å². The minimum atomic E-state index is 0.855. The molecule has 0 amide bonds. The fourth-order valence-corrected chi connectivity index (χ4v) is 0.823. The molecule has 1 aromatic carbocycles. The van der Waals surface area contributed by atoms with Gasteiger partial charge in [0.1, 0.15) is 0 Å². The highest BCUT2D eigenvalue weighted by atomic mass is 16.5. The molecule has 0 heterocycles. The van der Waals surface area contributed by atoms with Gasteiger partial charge in [-0.1, -0.05) is 42.8 Å². The normalized spacial score (nSPS) is 7.80. The summed E-state index contributed by atoms with van der Waals surface area (Å²) < 4.78 is 4.98. The summed E-state index contributed by atoms with van der Waals surface area (Å²) >= 11 is 0. The molecule has 0 N–H and O–H groups in total. The van der Waals surface area contributed by atoms with Crippen LogP contribution in [0.5, 0.6) is 0 Å². The van der Waals surface area contributed by atoms with E-state index in [2.05, 4.69) is 38.8 Å². The van der Waals surface area contributed by atoms with Gasteiger partial charge in [-0.3, -0.25) is 0 Å². The highest BCUT2D eigenvalue weighted by Gasteiger charge is 1.73. The third kappa shape index (κ3) is 15.5. The van der Waals surface area contributed by atoms with Crippen LogP contribution in [0.2, 0.25) is 0 Å². The van der Waals surface area contributed by atoms with Gasteiger partial charge < -0.3 is 4.74 Å². The highest BCUT2D eigenvalue weighted by Crippen LogP contribution is 1.92. The Kier molecular flexibility index (Phi) is 16.4. The van der Waals surface area contributed by atoms with Gasteiger partial charge in [-0.25, -0.2) is 0 Å². The van der Waals surface area contributed by atoms with Crippen LogP contribution < -0.4 is 0 Å². The number of hydrogen-bond donors (Lipinski definition) is 0. The lowest BCUT2D eigenvalue weighted by Crippen LogP contribution is -1.88. The Morgan fingerprint density at radius 3 is 1.80 bits per heavy atom. The topological polar surface area (TPSA) is 9.23 Å². The van der Waals surface area contributed by atoms with Gasteiger partial charge in [-0.05, 0) is 20.3 Å². The molecular formula is C14H22O. The molecule has 0 unspecified atom stereocenters. The minimum Gasteiger partial charge on any atom is -0.382 e. The maximum absolute atomic E-state index is 4.98. The average Bonchev–Trinajstić information content (AvgIpc) is 2.31. The fraction of sp³-hybridized carbons (Fsp3) is 0.429. The van der Waals surface area contributed by atoms with E-state index in [-0.39, 0.29) is 0 Å². The first-order chi connectivity index (χ1) is 7.31. The number of hydrogen-bond acceptors (Lipinski definition) is 1. The maximum Gasteiger partial charge on any atom is 0.0463 e. The predicted molar refractivity (Wildman–Crippen MR) is 67.9 cm³/mol. The van der Waals surface area contributed by atoms with Crippen LogP contribution in [-0.4, -0.2) is 13.2 Å². The zero-order valence-corrected chi connectivity index (χ0v) is 10.1. The Balaban J connectivity index is 0. The van der Waals surface area contributed by atoms with E-state index >= 15 is 0 Å². The summed E-state index contributed by atoms with van der Waals surface area (Å²) in [6, 6.07) is 10.3. The summed E-state index contributed by atoms with van der Waals surface area (Å²) in [5.74, 6) is 0. The van der Waals surface area contributed by atoms with Crippen molar-refractivity contribution in [2.45, 2.75) is 27.2 Å². The van der Waals surface area contributed by atoms with E-state index in [0.29, 0.717) is 0 Å². The van der Waals surface area contributed by atoms with Gasteiger partial charge in [-0.15, -0.1) is 12.8 Å². The lowest BCUT2D eigenvalue weighted by Gasteiger charge is -1.91. The Morgan fingerprint density at radius 2 is 1.60 bits per heavy atom. The molecule has 0 bridgehead atoms. The fourth-order valence-electron chi connectivity index (χ4n) is 0.823. The second-order valence-electron chi connectivity index (χ2n) is 2.85. The van der Waals surface area contributed by atoms with Gasteiger partial charge in [0.05, 0.1) is 0 Å². The second kappa shape index (κ2) is 15.2. The smallest absolute Gasteiger partial charge is 0.0463 e. The highest BCUT2D eigenvalue weighted by molar-refractivity contribution is 5.11. The van der Waals surface area contributed by atoms with Crippen LogP contribution in [-0.2, 0) is 4.74 Å². The molecule has 84 valence electrons. The summed E-state index contributed by atoms with van der Waals surface area (Å²) in [7, 11) is 0. The molecule has 0 fully saturated rings. The first-order valence-electron chi connectivity index (χ1n) is 5.24. The standard InChI is InChI=1S/C7H8.C5H12O.C2H2/c1-7-5-3-2-4-6-7;1-3-5-6-4-2;1-2/h2-6H,1H3;3-5H2,1-2H3;1-2H. The van der Waals surface area contributed by atoms with Crippen LogP contribution in [0.1, 0.15) is 25.8 Å². The third-order valence-electron chi connectivity index (χ3n) is 1.49. The Hall–Kier alpha value is -1.26. The molecule has 0 aliphatic rings. The maximum atomic E-state index is 4.98. The molecule has 1 aromatic rings. The Labute approximate surface area is 94.5 Å². The van der Waals surface area contributed by atoms with E-state index in [9.17, 15) is 0 Å². The lowest BCUT2D eigenvalue weighted by molar-refractivity contribution is 0.148. The van der Waals surface area contributed by atoms with Crippen LogP contribution in [0.15, 0.2) is 30.3 Å². The summed E-state index contributed by atoms with van der Waals surface area (Å²) in [5.41, 5.74) is 1.32. The van der Waals surface area contributed by atoms with Gasteiger partial charge in [0.25, 0.3) is 0 Å². The van der Waals surface area contributed by atoms with E-state index in [4.69, 9.17) is 4.74 Å². The van der Waals surface area contributed by atoms with E-state index in [1.54, 1.807) is 0 Å². The molecule has 1 nitrogen and oxygen atoms in total. The number of aryl methyl sites for hydroxylation is 1. The number of rotatable bonds is 3. The number of terminal acetylenes is 1. The van der Waals surface area contributed by atoms with Crippen LogP contribution in [0.3, 0.4) is 0 Å². The molecule has 0 saturated heterocycles. The van der Waals surface area contributed by atoms with E-state index in [0.717, 1.165) is 19.6 Å². The van der Waals surface area contributed by atoms with Crippen molar-refractivity contribution >= 4 is 0 Å². The summed E-state index contributed by atoms with van der Waals surface area (Å²) in [6.45, 7) is 7.97. The quantitative estimate of drug-likeness (QED) is 0.541. The van der Waals surface area contributed by atoms with E-state index in [1.807, 2.05) is 25.1 Å². The Bertz CT molecular complexity index is 209. The van der Waals surface area contributed by atoms with Crippen molar-refractivity contribution in [3.63, 3.8) is 0 Å². The summed E-state index contributed by atoms with van der Waals surface area (Å²) in [5, 5.41) is 0. The molecule has 0 saturated carbocycles. The monoisotopic (exact) mass is 206 g/mol. The summed E-state index contributed by atoms with van der Waals surface area (Å²) in [6.07, 6.45) is 9.13. The first-order valence-corrected chi connectivity index (χ1v) is 5.24. The zero-order valence-electron chi connectivity index (χ0n) is 10.1. The first kappa shape index (κ1) is 16.2. The van der Waals surface area contributed by atoms with Gasteiger partial charge in [0.2, 0.25) is 0 Å². The molecule has 15 heavy (non-hydrogen) atoms. The van der Waals surface area contributed by atoms with Crippen molar-refractivity contribution in [2.24, 2.45) is 0 Å².